The minimum Gasteiger partial charge on any atom is -0.466 e. The van der Waals surface area contributed by atoms with Crippen molar-refractivity contribution in [2.45, 2.75) is 13.3 Å². The Bertz CT molecular complexity index is 352. The summed E-state index contributed by atoms with van der Waals surface area (Å²) in [4.78, 5) is 17.4. The molecule has 2 heterocycles. The minimum absolute atomic E-state index is 0.0910. The number of carbonyl (C=O) groups is 1. The maximum absolute atomic E-state index is 11.2. The van der Waals surface area contributed by atoms with E-state index in [9.17, 15) is 4.79 Å². The largest absolute Gasteiger partial charge is 0.466 e. The highest BCUT2D eigenvalue weighted by Crippen LogP contribution is 2.25. The van der Waals surface area contributed by atoms with Gasteiger partial charge >= 0.3 is 5.97 Å². The van der Waals surface area contributed by atoms with Crippen LogP contribution in [0.4, 0.5) is 0 Å². The van der Waals surface area contributed by atoms with Gasteiger partial charge in [-0.25, -0.2) is 0 Å². The van der Waals surface area contributed by atoms with Gasteiger partial charge in [0.05, 0.1) is 19.1 Å². The first-order chi connectivity index (χ1) is 7.79. The fraction of sp³-hybridized carbons (Fsp3) is 0.500. The molecule has 0 unspecified atom stereocenters. The van der Waals surface area contributed by atoms with Gasteiger partial charge in [0.1, 0.15) is 6.08 Å². The first kappa shape index (κ1) is 10.8. The third-order valence-corrected chi connectivity index (χ3v) is 2.68. The Morgan fingerprint density at radius 1 is 1.69 bits per heavy atom. The van der Waals surface area contributed by atoms with Crippen molar-refractivity contribution in [3.8, 4) is 0 Å². The van der Waals surface area contributed by atoms with Crippen molar-refractivity contribution >= 4 is 12.2 Å². The number of nitrogens with zero attached hydrogens (tertiary/aromatic N) is 2. The molecule has 4 heteroatoms. The molecule has 0 aromatic carbocycles. The molecule has 2 aliphatic rings. The molecule has 0 amide bonds. The normalized spacial score (nSPS) is 18.8. The molecule has 0 aromatic rings. The third-order valence-electron chi connectivity index (χ3n) is 2.68. The topological polar surface area (TPSA) is 41.9 Å². The highest BCUT2D eigenvalue weighted by molar-refractivity contribution is 5.74. The molecule has 0 bridgehead atoms. The zero-order chi connectivity index (χ0) is 11.4. The number of hydrogen-bond acceptors (Lipinski definition) is 4. The van der Waals surface area contributed by atoms with Gasteiger partial charge in [-0.05, 0) is 6.92 Å². The summed E-state index contributed by atoms with van der Waals surface area (Å²) >= 11 is 0. The van der Waals surface area contributed by atoms with E-state index in [2.05, 4.69) is 16.1 Å². The van der Waals surface area contributed by atoms with E-state index in [4.69, 9.17) is 4.74 Å². The van der Waals surface area contributed by atoms with Crippen LogP contribution < -0.4 is 0 Å². The zero-order valence-electron chi connectivity index (χ0n) is 9.35. The number of rotatable bonds is 4. The molecular weight excluding hydrogens is 204 g/mol. The minimum atomic E-state index is -0.0910. The van der Waals surface area contributed by atoms with Crippen molar-refractivity contribution in [3.63, 3.8) is 0 Å². The van der Waals surface area contributed by atoms with Gasteiger partial charge in [-0.3, -0.25) is 4.79 Å². The number of allylic oxidation sites excluding steroid dienone is 2. The molecule has 0 aromatic heterocycles. The van der Waals surface area contributed by atoms with Crippen LogP contribution >= 0.6 is 0 Å². The Morgan fingerprint density at radius 2 is 2.50 bits per heavy atom. The second-order valence-corrected chi connectivity index (χ2v) is 3.93. The van der Waals surface area contributed by atoms with Crippen molar-refractivity contribution < 1.29 is 9.53 Å². The summed E-state index contributed by atoms with van der Waals surface area (Å²) in [6.07, 6.45) is 8.84. The Hall–Kier alpha value is -1.67. The number of aliphatic imine (C=N–C) groups is 1. The molecule has 84 valence electrons. The van der Waals surface area contributed by atoms with Gasteiger partial charge in [-0.2, -0.15) is 0 Å². The van der Waals surface area contributed by atoms with Crippen molar-refractivity contribution in [1.82, 2.24) is 4.90 Å². The number of ether oxygens (including phenoxy) is 1. The lowest BCUT2D eigenvalue weighted by molar-refractivity contribution is -0.145. The van der Waals surface area contributed by atoms with Gasteiger partial charge in [-0.1, -0.05) is 4.99 Å². The molecule has 4 nitrogen and oxygen atoms in total. The van der Waals surface area contributed by atoms with Crippen LogP contribution in [0.2, 0.25) is 0 Å². The highest BCUT2D eigenvalue weighted by atomic mass is 16.5. The van der Waals surface area contributed by atoms with Gasteiger partial charge in [0.25, 0.3) is 0 Å². The number of likely N-dealkylation sites (tertiary alicyclic amines) is 1. The molecule has 1 saturated heterocycles. The standard InChI is InChI=1S/C12H15N2O2/c1-2-16-12(15)6-10-8-14(9-10)11-4-3-5-13-7-11/h3-4,7,10H,2,6,8-9H2,1H3/q+1. The molecule has 0 aliphatic carbocycles. The first-order valence-electron chi connectivity index (χ1n) is 5.52. The maximum atomic E-state index is 11.2. The third kappa shape index (κ3) is 2.47. The Morgan fingerprint density at radius 3 is 3.12 bits per heavy atom. The predicted octanol–water partition coefficient (Wildman–Crippen LogP) is 1.23. The lowest BCUT2D eigenvalue weighted by Gasteiger charge is -2.39. The van der Waals surface area contributed by atoms with E-state index in [1.54, 1.807) is 12.3 Å². The van der Waals surface area contributed by atoms with Crippen LogP contribution in [0.5, 0.6) is 0 Å². The molecule has 1 fully saturated rings. The summed E-state index contributed by atoms with van der Waals surface area (Å²) in [7, 11) is 0. The predicted molar refractivity (Wildman–Crippen MR) is 61.0 cm³/mol. The maximum Gasteiger partial charge on any atom is 0.306 e. The van der Waals surface area contributed by atoms with Crippen LogP contribution in [0.3, 0.4) is 0 Å². The van der Waals surface area contributed by atoms with Gasteiger partial charge in [0, 0.05) is 19.0 Å². The molecular formula is C12H15N2O2+. The molecule has 0 N–H and O–H groups in total. The lowest BCUT2D eigenvalue weighted by Crippen LogP contribution is -2.46. The second kappa shape index (κ2) is 4.90. The number of carbonyl (C=O) groups excluding carboxylic acids is 1. The van der Waals surface area contributed by atoms with Gasteiger partial charge < -0.3 is 9.64 Å². The van der Waals surface area contributed by atoms with E-state index in [0.717, 1.165) is 18.8 Å². The van der Waals surface area contributed by atoms with E-state index in [1.165, 1.54) is 0 Å². The van der Waals surface area contributed by atoms with Crippen molar-refractivity contribution in [1.29, 1.82) is 0 Å². The summed E-state index contributed by atoms with van der Waals surface area (Å²) in [6, 6.07) is 0. The van der Waals surface area contributed by atoms with Crippen LogP contribution in [-0.4, -0.2) is 36.8 Å². The van der Waals surface area contributed by atoms with E-state index >= 15 is 0 Å². The summed E-state index contributed by atoms with van der Waals surface area (Å²) < 4.78 is 4.91. The first-order valence-corrected chi connectivity index (χ1v) is 5.52. The second-order valence-electron chi connectivity index (χ2n) is 3.93. The number of hydrogen-bond donors (Lipinski definition) is 0. The van der Waals surface area contributed by atoms with E-state index in [-0.39, 0.29) is 5.97 Å². The average Bonchev–Trinajstić information content (AvgIpc) is 2.24. The molecule has 0 saturated carbocycles. The van der Waals surface area contributed by atoms with Crippen LogP contribution in [0.1, 0.15) is 13.3 Å². The van der Waals surface area contributed by atoms with E-state index in [1.807, 2.05) is 13.0 Å². The summed E-state index contributed by atoms with van der Waals surface area (Å²) in [5.41, 5.74) is 1.10. The highest BCUT2D eigenvalue weighted by Gasteiger charge is 2.31. The molecule has 0 atom stereocenters. The molecule has 0 radical (unpaired) electrons. The molecule has 16 heavy (non-hydrogen) atoms. The van der Waals surface area contributed by atoms with Crippen molar-refractivity contribution in [2.24, 2.45) is 10.9 Å². The van der Waals surface area contributed by atoms with Gasteiger partial charge in [-0.15, -0.1) is 0 Å². The average molecular weight is 219 g/mol. The van der Waals surface area contributed by atoms with Crippen molar-refractivity contribution in [2.75, 3.05) is 19.7 Å². The lowest BCUT2D eigenvalue weighted by atomic mass is 9.95. The molecule has 2 rings (SSSR count). The SMILES string of the molecule is CCOC(=O)CC1CN(C2=CN=[C+]C=C2)C1. The quantitative estimate of drug-likeness (QED) is 0.527. The van der Waals surface area contributed by atoms with Crippen LogP contribution in [0.15, 0.2) is 29.0 Å². The van der Waals surface area contributed by atoms with E-state index in [0.29, 0.717) is 18.9 Å². The summed E-state index contributed by atoms with van der Waals surface area (Å²) in [5, 5.41) is 0. The zero-order valence-corrected chi connectivity index (χ0v) is 9.35. The Labute approximate surface area is 95.3 Å². The van der Waals surface area contributed by atoms with Crippen LogP contribution in [0.25, 0.3) is 0 Å². The fourth-order valence-electron chi connectivity index (χ4n) is 1.86. The monoisotopic (exact) mass is 219 g/mol. The smallest absolute Gasteiger partial charge is 0.306 e. The fourth-order valence-corrected chi connectivity index (χ4v) is 1.86. The Kier molecular flexibility index (Phi) is 3.32. The van der Waals surface area contributed by atoms with E-state index < -0.39 is 0 Å². The summed E-state index contributed by atoms with van der Waals surface area (Å²) in [5.74, 6) is 0.329. The Balaban J connectivity index is 1.74. The van der Waals surface area contributed by atoms with Crippen LogP contribution in [0, 0.1) is 5.92 Å². The summed E-state index contributed by atoms with van der Waals surface area (Å²) in [6.45, 7) is 4.11. The molecule has 2 aliphatic heterocycles. The number of esters is 1. The molecule has 0 spiro atoms. The van der Waals surface area contributed by atoms with Crippen molar-refractivity contribution in [3.05, 3.63) is 24.0 Å². The van der Waals surface area contributed by atoms with Gasteiger partial charge in [0.2, 0.25) is 0 Å². The van der Waals surface area contributed by atoms with Crippen LogP contribution in [-0.2, 0) is 9.53 Å². The van der Waals surface area contributed by atoms with Gasteiger partial charge in [0.15, 0.2) is 18.1 Å².